The van der Waals surface area contributed by atoms with E-state index in [1.807, 2.05) is 11.0 Å². The number of nitrogens with zero attached hydrogens (tertiary/aromatic N) is 2. The van der Waals surface area contributed by atoms with Crippen LogP contribution in [0.25, 0.3) is 10.9 Å². The third-order valence-electron chi connectivity index (χ3n) is 5.19. The second-order valence-electron chi connectivity index (χ2n) is 6.87. The van der Waals surface area contributed by atoms with Crippen LogP contribution in [0.4, 0.5) is 18.9 Å². The number of aromatic nitrogens is 1. The summed E-state index contributed by atoms with van der Waals surface area (Å²) in [5, 5.41) is 9.82. The number of carboxylic acid groups (broad SMARTS) is 1. The van der Waals surface area contributed by atoms with Gasteiger partial charge in [-0.05, 0) is 37.1 Å². The van der Waals surface area contributed by atoms with Crippen molar-refractivity contribution in [2.45, 2.75) is 19.0 Å². The van der Waals surface area contributed by atoms with E-state index in [0.717, 1.165) is 5.69 Å². The Kier molecular flexibility index (Phi) is 3.07. The molecule has 0 bridgehead atoms. The highest BCUT2D eigenvalue weighted by atomic mass is 19.4. The Morgan fingerprint density at radius 1 is 1.25 bits per heavy atom. The first-order valence-electron chi connectivity index (χ1n) is 7.71. The molecule has 7 heteroatoms. The summed E-state index contributed by atoms with van der Waals surface area (Å²) < 4.78 is 37.9. The van der Waals surface area contributed by atoms with E-state index in [2.05, 4.69) is 4.98 Å². The quantitative estimate of drug-likeness (QED) is 0.908. The lowest BCUT2D eigenvalue weighted by atomic mass is 9.57. The van der Waals surface area contributed by atoms with Crippen LogP contribution in [0.1, 0.15) is 23.2 Å². The number of hydrogen-bond acceptors (Lipinski definition) is 3. The number of pyridine rings is 1. The van der Waals surface area contributed by atoms with Gasteiger partial charge in [-0.15, -0.1) is 0 Å². The number of halogens is 3. The average molecular weight is 336 g/mol. The molecule has 0 unspecified atom stereocenters. The van der Waals surface area contributed by atoms with Crippen LogP contribution < -0.4 is 4.90 Å². The number of anilines is 1. The SMILES string of the molecule is O=C(O)c1ccnc2ccc(N3CC4(CC(C(F)(F)F)C4)C3)cc12. The van der Waals surface area contributed by atoms with Gasteiger partial charge in [-0.2, -0.15) is 13.2 Å². The third-order valence-corrected chi connectivity index (χ3v) is 5.19. The fourth-order valence-corrected chi connectivity index (χ4v) is 3.94. The molecule has 4 rings (SSSR count). The van der Waals surface area contributed by atoms with Gasteiger partial charge in [-0.25, -0.2) is 4.79 Å². The molecule has 0 amide bonds. The predicted molar refractivity (Wildman–Crippen MR) is 82.1 cm³/mol. The lowest BCUT2D eigenvalue weighted by molar-refractivity contribution is -0.225. The summed E-state index contributed by atoms with van der Waals surface area (Å²) >= 11 is 0. The van der Waals surface area contributed by atoms with Crippen molar-refractivity contribution in [3.63, 3.8) is 0 Å². The molecule has 1 aromatic carbocycles. The number of aromatic carboxylic acids is 1. The molecule has 24 heavy (non-hydrogen) atoms. The van der Waals surface area contributed by atoms with E-state index in [-0.39, 0.29) is 23.8 Å². The minimum absolute atomic E-state index is 0.179. The van der Waals surface area contributed by atoms with Gasteiger partial charge in [0.05, 0.1) is 17.0 Å². The van der Waals surface area contributed by atoms with Crippen LogP contribution in [0.15, 0.2) is 30.5 Å². The highest BCUT2D eigenvalue weighted by Crippen LogP contribution is 2.57. The van der Waals surface area contributed by atoms with Gasteiger partial charge >= 0.3 is 12.1 Å². The van der Waals surface area contributed by atoms with Crippen molar-refractivity contribution < 1.29 is 23.1 Å². The van der Waals surface area contributed by atoms with E-state index in [9.17, 15) is 23.1 Å². The molecule has 2 aromatic rings. The van der Waals surface area contributed by atoms with E-state index in [1.54, 1.807) is 12.1 Å². The van der Waals surface area contributed by atoms with Gasteiger partial charge in [0.2, 0.25) is 0 Å². The average Bonchev–Trinajstić information content (AvgIpc) is 2.42. The highest BCUT2D eigenvalue weighted by molar-refractivity contribution is 6.03. The van der Waals surface area contributed by atoms with Crippen LogP contribution in [-0.2, 0) is 0 Å². The monoisotopic (exact) mass is 336 g/mol. The molecule has 0 radical (unpaired) electrons. The number of alkyl halides is 3. The Bertz CT molecular complexity index is 820. The van der Waals surface area contributed by atoms with Crippen LogP contribution in [-0.4, -0.2) is 35.3 Å². The van der Waals surface area contributed by atoms with Crippen molar-refractivity contribution in [1.29, 1.82) is 0 Å². The summed E-state index contributed by atoms with van der Waals surface area (Å²) in [6.07, 6.45) is -2.24. The zero-order valence-electron chi connectivity index (χ0n) is 12.7. The molecule has 2 fully saturated rings. The number of benzene rings is 1. The molecule has 1 aliphatic carbocycles. The number of fused-ring (bicyclic) bond motifs is 1. The van der Waals surface area contributed by atoms with E-state index in [4.69, 9.17) is 0 Å². The van der Waals surface area contributed by atoms with E-state index in [0.29, 0.717) is 24.0 Å². The van der Waals surface area contributed by atoms with Crippen LogP contribution >= 0.6 is 0 Å². The Morgan fingerprint density at radius 3 is 2.58 bits per heavy atom. The summed E-state index contributed by atoms with van der Waals surface area (Å²) in [6.45, 7) is 1.18. The Balaban J connectivity index is 1.53. The summed E-state index contributed by atoms with van der Waals surface area (Å²) in [6, 6.07) is 6.81. The largest absolute Gasteiger partial charge is 0.478 e. The minimum Gasteiger partial charge on any atom is -0.478 e. The number of carboxylic acids is 1. The van der Waals surface area contributed by atoms with Crippen molar-refractivity contribution in [3.05, 3.63) is 36.0 Å². The van der Waals surface area contributed by atoms with Gasteiger partial charge in [0.25, 0.3) is 0 Å². The van der Waals surface area contributed by atoms with Crippen LogP contribution in [0, 0.1) is 11.3 Å². The first kappa shape index (κ1) is 15.2. The van der Waals surface area contributed by atoms with Crippen molar-refractivity contribution in [3.8, 4) is 0 Å². The van der Waals surface area contributed by atoms with Gasteiger partial charge in [0, 0.05) is 35.8 Å². The smallest absolute Gasteiger partial charge is 0.391 e. The fourth-order valence-electron chi connectivity index (χ4n) is 3.94. The maximum absolute atomic E-state index is 12.6. The minimum atomic E-state index is -4.09. The molecule has 126 valence electrons. The summed E-state index contributed by atoms with van der Waals surface area (Å²) in [4.78, 5) is 17.5. The number of rotatable bonds is 2. The van der Waals surface area contributed by atoms with Gasteiger partial charge in [0.15, 0.2) is 0 Å². The van der Waals surface area contributed by atoms with Crippen molar-refractivity contribution >= 4 is 22.6 Å². The lowest BCUT2D eigenvalue weighted by Crippen LogP contribution is -2.64. The molecule has 1 spiro atoms. The number of carbonyl (C=O) groups is 1. The van der Waals surface area contributed by atoms with Crippen LogP contribution in [0.3, 0.4) is 0 Å². The van der Waals surface area contributed by atoms with Crippen LogP contribution in [0.2, 0.25) is 0 Å². The molecule has 2 heterocycles. The molecule has 1 aromatic heterocycles. The zero-order valence-corrected chi connectivity index (χ0v) is 12.7. The third kappa shape index (κ3) is 2.30. The van der Waals surface area contributed by atoms with Crippen LogP contribution in [0.5, 0.6) is 0 Å². The van der Waals surface area contributed by atoms with Gasteiger partial charge < -0.3 is 10.0 Å². The first-order chi connectivity index (χ1) is 11.3. The standard InChI is InChI=1S/C17H15F3N2O2/c18-17(19,20)10-6-16(7-10)8-22(9-16)11-1-2-14-13(5-11)12(15(23)24)3-4-21-14/h1-5,10H,6-9H2,(H,23,24). The van der Waals surface area contributed by atoms with Crippen molar-refractivity contribution in [2.75, 3.05) is 18.0 Å². The van der Waals surface area contributed by atoms with E-state index in [1.165, 1.54) is 12.3 Å². The molecule has 4 nitrogen and oxygen atoms in total. The van der Waals surface area contributed by atoms with E-state index >= 15 is 0 Å². The second kappa shape index (κ2) is 4.84. The Labute approximate surface area is 135 Å². The highest BCUT2D eigenvalue weighted by Gasteiger charge is 2.60. The molecular formula is C17H15F3N2O2. The summed E-state index contributed by atoms with van der Waals surface area (Å²) in [7, 11) is 0. The van der Waals surface area contributed by atoms with Gasteiger partial charge in [-0.1, -0.05) is 0 Å². The summed E-state index contributed by atoms with van der Waals surface area (Å²) in [5.41, 5.74) is 1.38. The lowest BCUT2D eigenvalue weighted by Gasteiger charge is -2.60. The normalized spacial score (nSPS) is 20.0. The Hall–Kier alpha value is -2.31. The molecule has 1 N–H and O–H groups in total. The molecule has 0 atom stereocenters. The van der Waals surface area contributed by atoms with Crippen molar-refractivity contribution in [2.24, 2.45) is 11.3 Å². The second-order valence-corrected chi connectivity index (χ2v) is 6.87. The fraction of sp³-hybridized carbons (Fsp3) is 0.412. The summed E-state index contributed by atoms with van der Waals surface area (Å²) in [5.74, 6) is -2.19. The molecular weight excluding hydrogens is 321 g/mol. The maximum atomic E-state index is 12.6. The maximum Gasteiger partial charge on any atom is 0.391 e. The molecule has 1 saturated heterocycles. The van der Waals surface area contributed by atoms with Crippen molar-refractivity contribution in [1.82, 2.24) is 4.98 Å². The Morgan fingerprint density at radius 2 is 1.96 bits per heavy atom. The van der Waals surface area contributed by atoms with E-state index < -0.39 is 18.1 Å². The zero-order chi connectivity index (χ0) is 17.1. The molecule has 1 aliphatic heterocycles. The first-order valence-corrected chi connectivity index (χ1v) is 7.71. The molecule has 2 aliphatic rings. The van der Waals surface area contributed by atoms with Gasteiger partial charge in [0.1, 0.15) is 0 Å². The van der Waals surface area contributed by atoms with Gasteiger partial charge in [-0.3, -0.25) is 4.98 Å². The topological polar surface area (TPSA) is 53.4 Å². The predicted octanol–water partition coefficient (Wildman–Crippen LogP) is 3.71. The number of hydrogen-bond donors (Lipinski definition) is 1. The molecule has 1 saturated carbocycles.